The van der Waals surface area contributed by atoms with Crippen molar-refractivity contribution >= 4 is 61.0 Å². The first-order valence-electron chi connectivity index (χ1n) is 16.1. The van der Waals surface area contributed by atoms with E-state index in [4.69, 9.17) is 14.2 Å². The first-order chi connectivity index (χ1) is 24.3. The summed E-state index contributed by atoms with van der Waals surface area (Å²) >= 11 is 5.05. The number of halogens is 1. The molecule has 5 aromatic rings. The summed E-state index contributed by atoms with van der Waals surface area (Å²) in [6.07, 6.45) is 1.32. The van der Waals surface area contributed by atoms with Crippen LogP contribution in [0.1, 0.15) is 45.5 Å². The molecule has 2 aliphatic rings. The molecule has 1 unspecified atom stereocenters. The number of fused-ring (bicyclic) bond motifs is 2. The fraction of sp³-hybridized carbons (Fsp3) is 0.211. The fourth-order valence-electron chi connectivity index (χ4n) is 6.15. The maximum atomic E-state index is 13.3. The molecule has 3 heterocycles. The standard InChI is InChI=1S/C38H31BrN2O8S/c39-24-8-6-23(7-9-24)35-34(28-15-10-25(42)21-31(28)50-35)49-27-13-11-26(12-14-27)48-20-19-47-18-2-4-22-3-1-5-29-33(22)38(46)41(37(29)45)30-16-17-32(43)40-36(30)44/h1,3,5-15,21,30,42H,2,4,16-20H2,(H,40,43,44). The van der Waals surface area contributed by atoms with Gasteiger partial charge in [0.1, 0.15) is 29.9 Å². The van der Waals surface area contributed by atoms with Crippen molar-refractivity contribution in [3.63, 3.8) is 0 Å². The summed E-state index contributed by atoms with van der Waals surface area (Å²) in [5.74, 6) is 0.179. The summed E-state index contributed by atoms with van der Waals surface area (Å²) in [5.41, 5.74) is 2.32. The molecule has 2 N–H and O–H groups in total. The van der Waals surface area contributed by atoms with Gasteiger partial charge in [-0.2, -0.15) is 0 Å². The zero-order chi connectivity index (χ0) is 34.8. The minimum absolute atomic E-state index is 0.0760. The van der Waals surface area contributed by atoms with Crippen LogP contribution in [0.5, 0.6) is 23.0 Å². The Hall–Kier alpha value is -5.04. The van der Waals surface area contributed by atoms with Gasteiger partial charge in [0, 0.05) is 27.6 Å². The van der Waals surface area contributed by atoms with Crippen LogP contribution in [-0.2, 0) is 20.7 Å². The van der Waals surface area contributed by atoms with Gasteiger partial charge in [0.05, 0.1) is 22.6 Å². The largest absolute Gasteiger partial charge is 0.508 e. The van der Waals surface area contributed by atoms with E-state index in [2.05, 4.69) is 21.2 Å². The second-order valence-corrected chi connectivity index (χ2v) is 13.8. The molecule has 7 rings (SSSR count). The predicted octanol–water partition coefficient (Wildman–Crippen LogP) is 7.26. The number of piperidine rings is 1. The summed E-state index contributed by atoms with van der Waals surface area (Å²) in [7, 11) is 0. The van der Waals surface area contributed by atoms with Crippen molar-refractivity contribution in [3.05, 3.63) is 106 Å². The van der Waals surface area contributed by atoms with Gasteiger partial charge in [-0.25, -0.2) is 0 Å². The van der Waals surface area contributed by atoms with Gasteiger partial charge in [0.2, 0.25) is 11.8 Å². The fourth-order valence-corrected chi connectivity index (χ4v) is 7.59. The van der Waals surface area contributed by atoms with Crippen LogP contribution in [0.25, 0.3) is 20.5 Å². The molecule has 50 heavy (non-hydrogen) atoms. The highest BCUT2D eigenvalue weighted by molar-refractivity contribution is 9.10. The molecular weight excluding hydrogens is 724 g/mol. The molecule has 0 radical (unpaired) electrons. The number of ether oxygens (including phenoxy) is 3. The van der Waals surface area contributed by atoms with Gasteiger partial charge in [-0.15, -0.1) is 11.3 Å². The summed E-state index contributed by atoms with van der Waals surface area (Å²) in [5, 5.41) is 13.2. The zero-order valence-corrected chi connectivity index (χ0v) is 29.1. The Morgan fingerprint density at radius 3 is 2.44 bits per heavy atom. The van der Waals surface area contributed by atoms with Crippen LogP contribution in [0, 0.1) is 0 Å². The van der Waals surface area contributed by atoms with Crippen molar-refractivity contribution in [1.82, 2.24) is 10.2 Å². The van der Waals surface area contributed by atoms with Crippen molar-refractivity contribution in [2.45, 2.75) is 31.7 Å². The highest BCUT2D eigenvalue weighted by atomic mass is 79.9. The van der Waals surface area contributed by atoms with E-state index >= 15 is 0 Å². The Labute approximate surface area is 299 Å². The smallest absolute Gasteiger partial charge is 0.262 e. The number of aryl methyl sites for hydroxylation is 1. The van der Waals surface area contributed by atoms with Gasteiger partial charge < -0.3 is 19.3 Å². The number of hydrogen-bond donors (Lipinski definition) is 2. The molecule has 0 aliphatic carbocycles. The Morgan fingerprint density at radius 2 is 1.66 bits per heavy atom. The van der Waals surface area contributed by atoms with E-state index in [0.717, 1.165) is 41.2 Å². The quantitative estimate of drug-likeness (QED) is 0.101. The van der Waals surface area contributed by atoms with E-state index in [1.165, 1.54) is 0 Å². The first kappa shape index (κ1) is 33.5. The van der Waals surface area contributed by atoms with Crippen molar-refractivity contribution in [3.8, 4) is 33.4 Å². The highest BCUT2D eigenvalue weighted by Crippen LogP contribution is 2.47. The number of phenols is 1. The summed E-state index contributed by atoms with van der Waals surface area (Å²) in [4.78, 5) is 52.2. The van der Waals surface area contributed by atoms with Crippen LogP contribution in [0.3, 0.4) is 0 Å². The Balaban J connectivity index is 0.898. The van der Waals surface area contributed by atoms with E-state index in [9.17, 15) is 24.3 Å². The molecule has 10 nitrogen and oxygen atoms in total. The lowest BCUT2D eigenvalue weighted by molar-refractivity contribution is -0.136. The number of rotatable bonds is 12. The Kier molecular flexibility index (Phi) is 9.66. The summed E-state index contributed by atoms with van der Waals surface area (Å²) in [6.45, 7) is 1.11. The Bertz CT molecular complexity index is 2110. The lowest BCUT2D eigenvalue weighted by atomic mass is 9.99. The Morgan fingerprint density at radius 1 is 0.880 bits per heavy atom. The lowest BCUT2D eigenvalue weighted by Gasteiger charge is -2.27. The number of hydrogen-bond acceptors (Lipinski definition) is 9. The number of nitrogens with zero attached hydrogens (tertiary/aromatic N) is 1. The third-order valence-electron chi connectivity index (χ3n) is 8.56. The topological polar surface area (TPSA) is 131 Å². The van der Waals surface area contributed by atoms with Crippen molar-refractivity contribution in [2.24, 2.45) is 0 Å². The number of carbonyl (C=O) groups excluding carboxylic acids is 4. The maximum Gasteiger partial charge on any atom is 0.262 e. The second-order valence-electron chi connectivity index (χ2n) is 11.9. The minimum atomic E-state index is -0.993. The molecule has 4 aromatic carbocycles. The van der Waals surface area contributed by atoms with Gasteiger partial charge in [-0.1, -0.05) is 40.2 Å². The predicted molar refractivity (Wildman–Crippen MR) is 191 cm³/mol. The number of nitrogens with one attached hydrogen (secondary N) is 1. The van der Waals surface area contributed by atoms with E-state index < -0.39 is 29.7 Å². The van der Waals surface area contributed by atoms with Gasteiger partial charge in [0.25, 0.3) is 11.8 Å². The average molecular weight is 756 g/mol. The number of phenolic OH excluding ortho intramolecular Hbond substituents is 1. The van der Waals surface area contributed by atoms with Crippen molar-refractivity contribution in [2.75, 3.05) is 19.8 Å². The minimum Gasteiger partial charge on any atom is -0.508 e. The van der Waals surface area contributed by atoms with Crippen LogP contribution in [0.4, 0.5) is 0 Å². The molecule has 12 heteroatoms. The molecule has 254 valence electrons. The normalized spacial score (nSPS) is 15.8. The molecule has 1 aromatic heterocycles. The maximum absolute atomic E-state index is 13.3. The van der Waals surface area contributed by atoms with Gasteiger partial charge in [-0.05, 0) is 91.1 Å². The summed E-state index contributed by atoms with van der Waals surface area (Å²) < 4.78 is 19.9. The van der Waals surface area contributed by atoms with Crippen LogP contribution >= 0.6 is 27.3 Å². The van der Waals surface area contributed by atoms with Gasteiger partial charge >= 0.3 is 0 Å². The van der Waals surface area contributed by atoms with E-state index in [0.29, 0.717) is 49.7 Å². The molecule has 1 fully saturated rings. The third-order valence-corrected chi connectivity index (χ3v) is 10.3. The van der Waals surface area contributed by atoms with Crippen LogP contribution in [0.15, 0.2) is 89.4 Å². The van der Waals surface area contributed by atoms with E-state index in [1.54, 1.807) is 35.6 Å². The first-order valence-corrected chi connectivity index (χ1v) is 17.7. The third kappa shape index (κ3) is 6.87. The van der Waals surface area contributed by atoms with E-state index in [-0.39, 0.29) is 24.2 Å². The number of amides is 4. The lowest BCUT2D eigenvalue weighted by Crippen LogP contribution is -2.54. The SMILES string of the molecule is O=C1CCC(N2C(=O)c3cccc(CCCOCCOc4ccc(Oc5c(-c6ccc(Br)cc6)sc6cc(O)ccc56)cc4)c3C2=O)C(=O)N1. The molecular formula is C38H31BrN2O8S. The zero-order valence-electron chi connectivity index (χ0n) is 26.6. The number of carbonyl (C=O) groups is 4. The van der Waals surface area contributed by atoms with E-state index in [1.807, 2.05) is 60.7 Å². The molecule has 4 amide bonds. The second kappa shape index (κ2) is 14.4. The number of benzene rings is 4. The van der Waals surface area contributed by atoms with Gasteiger partial charge in [0.15, 0.2) is 5.75 Å². The number of thiophene rings is 1. The highest BCUT2D eigenvalue weighted by Gasteiger charge is 2.45. The summed E-state index contributed by atoms with van der Waals surface area (Å²) in [6, 6.07) is 24.8. The average Bonchev–Trinajstić information content (AvgIpc) is 3.58. The van der Waals surface area contributed by atoms with Crippen molar-refractivity contribution in [1.29, 1.82) is 0 Å². The monoisotopic (exact) mass is 754 g/mol. The molecule has 0 saturated carbocycles. The molecule has 1 saturated heterocycles. The van der Waals surface area contributed by atoms with Crippen LogP contribution < -0.4 is 14.8 Å². The van der Waals surface area contributed by atoms with Crippen molar-refractivity contribution < 1.29 is 38.5 Å². The van der Waals surface area contributed by atoms with Gasteiger partial charge in [-0.3, -0.25) is 29.4 Å². The molecule has 0 spiro atoms. The van der Waals surface area contributed by atoms with Crippen LogP contribution in [0.2, 0.25) is 0 Å². The molecule has 2 aliphatic heterocycles. The van der Waals surface area contributed by atoms with Crippen LogP contribution in [-0.4, -0.2) is 59.5 Å². The number of imide groups is 2. The molecule has 1 atom stereocenters. The molecule has 0 bridgehead atoms. The number of aromatic hydroxyl groups is 1.